The lowest BCUT2D eigenvalue weighted by Gasteiger charge is -2.32. The average molecular weight is 537 g/mol. The molecule has 10 heteroatoms. The summed E-state index contributed by atoms with van der Waals surface area (Å²) >= 11 is 13.1. The first-order valence-electron chi connectivity index (χ1n) is 11.5. The number of halogens is 2. The normalized spacial score (nSPS) is 15.5. The van der Waals surface area contributed by atoms with Crippen LogP contribution in [0.15, 0.2) is 41.3 Å². The Hall–Kier alpha value is -2.10. The Morgan fingerprint density at radius 3 is 2.17 bits per heavy atom. The predicted molar refractivity (Wildman–Crippen MR) is 143 cm³/mol. The van der Waals surface area contributed by atoms with Gasteiger partial charge in [0, 0.05) is 46.8 Å². The average Bonchev–Trinajstić information content (AvgIpc) is 3.05. The zero-order valence-electron chi connectivity index (χ0n) is 20.7. The largest absolute Gasteiger partial charge is 0.304 e. The molecule has 2 heterocycles. The fourth-order valence-corrected chi connectivity index (χ4v) is 7.02. The minimum atomic E-state index is -4.01. The molecule has 0 N–H and O–H groups in total. The molecule has 0 amide bonds. The van der Waals surface area contributed by atoms with Gasteiger partial charge in [0.2, 0.25) is 0 Å². The van der Waals surface area contributed by atoms with Gasteiger partial charge in [-0.15, -0.1) is 0 Å². The van der Waals surface area contributed by atoms with Crippen molar-refractivity contribution in [3.8, 4) is 11.1 Å². The molecule has 1 aliphatic rings. The van der Waals surface area contributed by atoms with E-state index < -0.39 is 10.0 Å². The topological polar surface area (TPSA) is 61.7 Å². The van der Waals surface area contributed by atoms with Crippen LogP contribution in [0.25, 0.3) is 11.1 Å². The zero-order chi connectivity index (χ0) is 25.5. The van der Waals surface area contributed by atoms with Gasteiger partial charge in [0.25, 0.3) is 10.0 Å². The van der Waals surface area contributed by atoms with Crippen LogP contribution in [0.1, 0.15) is 17.0 Å². The Bertz CT molecular complexity index is 1320. The summed E-state index contributed by atoms with van der Waals surface area (Å²) in [6.07, 6.45) is 0. The van der Waals surface area contributed by atoms with Crippen molar-refractivity contribution in [3.05, 3.63) is 63.4 Å². The minimum Gasteiger partial charge on any atom is -0.304 e. The second-order valence-electron chi connectivity index (χ2n) is 9.16. The molecule has 0 unspecified atom stereocenters. The third-order valence-electron chi connectivity index (χ3n) is 6.66. The van der Waals surface area contributed by atoms with Gasteiger partial charge in [-0.2, -0.15) is 5.10 Å². The number of likely N-dealkylation sites (N-methyl/N-ethyl adjacent to an activating group) is 1. The fraction of sp³-hybridized carbons (Fsp3) is 0.400. The van der Waals surface area contributed by atoms with Crippen molar-refractivity contribution in [1.82, 2.24) is 19.6 Å². The van der Waals surface area contributed by atoms with Gasteiger partial charge < -0.3 is 4.90 Å². The first-order chi connectivity index (χ1) is 16.5. The molecule has 2 aromatic carbocycles. The van der Waals surface area contributed by atoms with Crippen LogP contribution in [0.2, 0.25) is 10.0 Å². The van der Waals surface area contributed by atoms with Gasteiger partial charge in [-0.1, -0.05) is 41.4 Å². The minimum absolute atomic E-state index is 0.0861. The number of sulfonamides is 1. The van der Waals surface area contributed by atoms with Crippen molar-refractivity contribution in [2.75, 3.05) is 44.6 Å². The predicted octanol–water partition coefficient (Wildman–Crippen LogP) is 4.58. The number of aromatic nitrogens is 2. The number of rotatable bonds is 6. The molecule has 0 bridgehead atoms. The van der Waals surface area contributed by atoms with Gasteiger partial charge >= 0.3 is 0 Å². The molecule has 1 aromatic heterocycles. The van der Waals surface area contributed by atoms with Gasteiger partial charge in [0.05, 0.1) is 27.1 Å². The fourth-order valence-electron chi connectivity index (χ4n) is 4.56. The summed E-state index contributed by atoms with van der Waals surface area (Å²) in [6.45, 7) is 8.66. The lowest BCUT2D eigenvalue weighted by molar-refractivity contribution is 0.148. The van der Waals surface area contributed by atoms with Gasteiger partial charge in [-0.25, -0.2) is 8.42 Å². The SMILES string of the molecule is Cc1nn(C)c(C)c1N(C)S(=O)(=O)c1c(Cl)cc(-c2cccc(CN3CCN(C)CC3)c2)cc1Cl. The molecule has 1 aliphatic heterocycles. The number of hydrogen-bond acceptors (Lipinski definition) is 5. The summed E-state index contributed by atoms with van der Waals surface area (Å²) in [4.78, 5) is 4.66. The van der Waals surface area contributed by atoms with Crippen LogP contribution < -0.4 is 4.31 Å². The van der Waals surface area contributed by atoms with Crippen LogP contribution in [0.4, 0.5) is 5.69 Å². The molecule has 7 nitrogen and oxygen atoms in total. The van der Waals surface area contributed by atoms with E-state index in [4.69, 9.17) is 23.2 Å². The summed E-state index contributed by atoms with van der Waals surface area (Å²) in [5.74, 6) is 0. The molecule has 1 saturated heterocycles. The summed E-state index contributed by atoms with van der Waals surface area (Å²) in [5, 5.41) is 4.50. The van der Waals surface area contributed by atoms with E-state index in [1.165, 1.54) is 16.9 Å². The van der Waals surface area contributed by atoms with Crippen LogP contribution in [0, 0.1) is 13.8 Å². The number of nitrogens with zero attached hydrogens (tertiary/aromatic N) is 5. The Labute approximate surface area is 217 Å². The highest BCUT2D eigenvalue weighted by Gasteiger charge is 2.31. The maximum absolute atomic E-state index is 13.5. The second kappa shape index (κ2) is 10.1. The number of piperazine rings is 1. The van der Waals surface area contributed by atoms with Crippen molar-refractivity contribution in [3.63, 3.8) is 0 Å². The first-order valence-corrected chi connectivity index (χ1v) is 13.7. The molecule has 0 spiro atoms. The Kier molecular flexibility index (Phi) is 7.50. The standard InChI is InChI=1S/C25H31Cl2N5O2S/c1-17-24(18(2)30(4)28-17)31(5)35(33,34)25-22(26)14-21(15-23(25)27)20-8-6-7-19(13-20)16-32-11-9-29(3)10-12-32/h6-8,13-15H,9-12,16H2,1-5H3. The van der Waals surface area contributed by atoms with E-state index in [2.05, 4.69) is 34.1 Å². The molecule has 1 fully saturated rings. The quantitative estimate of drug-likeness (QED) is 0.462. The van der Waals surface area contributed by atoms with Crippen LogP contribution in [-0.2, 0) is 23.6 Å². The van der Waals surface area contributed by atoms with Gasteiger partial charge in [-0.3, -0.25) is 13.9 Å². The highest BCUT2D eigenvalue weighted by atomic mass is 35.5. The summed E-state index contributed by atoms with van der Waals surface area (Å²) in [7, 11) is 1.41. The lowest BCUT2D eigenvalue weighted by atomic mass is 10.0. The van der Waals surface area contributed by atoms with Crippen molar-refractivity contribution in [2.24, 2.45) is 7.05 Å². The van der Waals surface area contributed by atoms with Crippen molar-refractivity contribution in [2.45, 2.75) is 25.3 Å². The maximum Gasteiger partial charge on any atom is 0.267 e. The first kappa shape index (κ1) is 26.0. The van der Waals surface area contributed by atoms with Crippen molar-refractivity contribution in [1.29, 1.82) is 0 Å². The second-order valence-corrected chi connectivity index (χ2v) is 11.9. The highest BCUT2D eigenvalue weighted by Crippen LogP contribution is 2.38. The molecule has 0 aliphatic carbocycles. The van der Waals surface area contributed by atoms with E-state index in [0.29, 0.717) is 11.4 Å². The highest BCUT2D eigenvalue weighted by molar-refractivity contribution is 7.93. The Morgan fingerprint density at radius 1 is 0.971 bits per heavy atom. The van der Waals surface area contributed by atoms with Crippen molar-refractivity contribution < 1.29 is 8.42 Å². The summed E-state index contributed by atoms with van der Waals surface area (Å²) < 4.78 is 29.9. The molecular weight excluding hydrogens is 505 g/mol. The van der Waals surface area contributed by atoms with Gasteiger partial charge in [-0.05, 0) is 55.8 Å². The van der Waals surface area contributed by atoms with E-state index in [1.54, 1.807) is 30.8 Å². The molecular formula is C25H31Cl2N5O2S. The monoisotopic (exact) mass is 535 g/mol. The third kappa shape index (κ3) is 5.22. The molecule has 188 valence electrons. The summed E-state index contributed by atoms with van der Waals surface area (Å²) in [6, 6.07) is 11.6. The molecule has 35 heavy (non-hydrogen) atoms. The van der Waals surface area contributed by atoms with E-state index in [9.17, 15) is 8.42 Å². The molecule has 0 saturated carbocycles. The maximum atomic E-state index is 13.5. The molecule has 4 rings (SSSR count). The smallest absolute Gasteiger partial charge is 0.267 e. The molecule has 0 radical (unpaired) electrons. The van der Waals surface area contributed by atoms with Crippen LogP contribution in [-0.4, -0.2) is 68.3 Å². The summed E-state index contributed by atoms with van der Waals surface area (Å²) in [5.41, 5.74) is 4.76. The van der Waals surface area contributed by atoms with Crippen LogP contribution in [0.3, 0.4) is 0 Å². The lowest BCUT2D eigenvalue weighted by Crippen LogP contribution is -2.43. The van der Waals surface area contributed by atoms with E-state index in [0.717, 1.165) is 49.5 Å². The number of benzene rings is 2. The molecule has 0 atom stereocenters. The number of hydrogen-bond donors (Lipinski definition) is 0. The van der Waals surface area contributed by atoms with Gasteiger partial charge in [0.15, 0.2) is 0 Å². The van der Waals surface area contributed by atoms with E-state index >= 15 is 0 Å². The van der Waals surface area contributed by atoms with Crippen molar-refractivity contribution >= 4 is 38.9 Å². The Morgan fingerprint density at radius 2 is 1.60 bits per heavy atom. The third-order valence-corrected chi connectivity index (χ3v) is 9.34. The van der Waals surface area contributed by atoms with Crippen LogP contribution >= 0.6 is 23.2 Å². The van der Waals surface area contributed by atoms with Crippen LogP contribution in [0.5, 0.6) is 0 Å². The Balaban J connectivity index is 1.64. The number of aryl methyl sites for hydroxylation is 2. The van der Waals surface area contributed by atoms with E-state index in [1.807, 2.05) is 19.1 Å². The van der Waals surface area contributed by atoms with E-state index in [-0.39, 0.29) is 14.9 Å². The zero-order valence-corrected chi connectivity index (χ0v) is 23.0. The van der Waals surface area contributed by atoms with Gasteiger partial charge in [0.1, 0.15) is 4.90 Å². The molecule has 3 aromatic rings. The number of anilines is 1.